The summed E-state index contributed by atoms with van der Waals surface area (Å²) in [6.45, 7) is 10.8. The Hall–Kier alpha value is -3.98. The number of aliphatic hydroxyl groups is 1. The van der Waals surface area contributed by atoms with Gasteiger partial charge in [-0.15, -0.1) is 0 Å². The van der Waals surface area contributed by atoms with Crippen LogP contribution in [0, 0.1) is 5.92 Å². The molecule has 6 rings (SSSR count). The van der Waals surface area contributed by atoms with E-state index in [1.54, 1.807) is 11.1 Å². The van der Waals surface area contributed by atoms with Crippen molar-refractivity contribution < 1.29 is 19.1 Å². The van der Waals surface area contributed by atoms with E-state index in [4.69, 9.17) is 10.2 Å². The van der Waals surface area contributed by atoms with Gasteiger partial charge in [0.15, 0.2) is 0 Å². The Morgan fingerprint density at radius 3 is 2.09 bits per heavy atom. The van der Waals surface area contributed by atoms with E-state index >= 15 is 0 Å². The summed E-state index contributed by atoms with van der Waals surface area (Å²) in [5.41, 5.74) is 10.7. The van der Waals surface area contributed by atoms with E-state index in [1.165, 1.54) is 19.3 Å². The van der Waals surface area contributed by atoms with Gasteiger partial charge in [0, 0.05) is 49.6 Å². The SMILES string of the molecule is CC(C)(C)NC=O.NC(=O)[C@H](Cc1ccccc1)CC(O)CN1CCN(Cc2cc3ccccc3o2)CC1.c1ccc2c(c1)CCC2. The summed E-state index contributed by atoms with van der Waals surface area (Å²) in [5, 5.41) is 14.3. The van der Waals surface area contributed by atoms with Gasteiger partial charge in [0.1, 0.15) is 11.3 Å². The Bertz CT molecular complexity index is 1470. The van der Waals surface area contributed by atoms with Gasteiger partial charge < -0.3 is 20.6 Å². The molecule has 252 valence electrons. The third-order valence-electron chi connectivity index (χ3n) is 8.58. The van der Waals surface area contributed by atoms with E-state index in [9.17, 15) is 14.7 Å². The van der Waals surface area contributed by atoms with Crippen molar-refractivity contribution in [1.29, 1.82) is 0 Å². The number of primary amides is 1. The molecule has 4 aromatic rings. The Kier molecular flexibility index (Phi) is 13.6. The number of amides is 2. The molecule has 1 aliphatic heterocycles. The van der Waals surface area contributed by atoms with E-state index in [0.717, 1.165) is 55.0 Å². The van der Waals surface area contributed by atoms with Gasteiger partial charge in [-0.1, -0.05) is 72.8 Å². The average molecular weight is 641 g/mol. The third kappa shape index (κ3) is 12.3. The van der Waals surface area contributed by atoms with Crippen molar-refractivity contribution in [1.82, 2.24) is 15.1 Å². The average Bonchev–Trinajstić information content (AvgIpc) is 3.69. The number of nitrogens with one attached hydrogen (secondary N) is 1. The van der Waals surface area contributed by atoms with Gasteiger partial charge in [-0.2, -0.15) is 0 Å². The summed E-state index contributed by atoms with van der Waals surface area (Å²) in [7, 11) is 0. The van der Waals surface area contributed by atoms with Crippen molar-refractivity contribution >= 4 is 23.3 Å². The van der Waals surface area contributed by atoms with Gasteiger partial charge in [-0.05, 0) is 81.7 Å². The molecular weight excluding hydrogens is 588 g/mol. The second-order valence-corrected chi connectivity index (χ2v) is 13.6. The van der Waals surface area contributed by atoms with Gasteiger partial charge in [0.25, 0.3) is 0 Å². The summed E-state index contributed by atoms with van der Waals surface area (Å²) in [6.07, 6.45) is 5.07. The first kappa shape index (κ1) is 35.9. The van der Waals surface area contributed by atoms with Crippen LogP contribution in [0.2, 0.25) is 0 Å². The molecule has 0 radical (unpaired) electrons. The van der Waals surface area contributed by atoms with Crippen molar-refractivity contribution in [2.75, 3.05) is 32.7 Å². The number of rotatable bonds is 10. The highest BCUT2D eigenvalue weighted by atomic mass is 16.3. The van der Waals surface area contributed by atoms with E-state index in [2.05, 4.69) is 51.5 Å². The van der Waals surface area contributed by atoms with Crippen LogP contribution in [0.4, 0.5) is 0 Å². The number of aliphatic hydroxyl groups excluding tert-OH is 1. The predicted molar refractivity (Wildman–Crippen MR) is 189 cm³/mol. The largest absolute Gasteiger partial charge is 0.460 e. The minimum atomic E-state index is -0.567. The molecule has 1 saturated heterocycles. The Balaban J connectivity index is 0.000000254. The van der Waals surface area contributed by atoms with Crippen LogP contribution in [0.1, 0.15) is 56.1 Å². The zero-order valence-electron chi connectivity index (χ0n) is 28.2. The normalized spacial score (nSPS) is 16.2. The predicted octanol–water partition coefficient (Wildman–Crippen LogP) is 5.35. The molecule has 0 bridgehead atoms. The number of hydrogen-bond donors (Lipinski definition) is 3. The number of carbonyl (C=O) groups is 2. The van der Waals surface area contributed by atoms with Gasteiger partial charge in [0.2, 0.25) is 12.3 Å². The number of furan rings is 1. The van der Waals surface area contributed by atoms with Crippen LogP contribution in [-0.4, -0.2) is 71.6 Å². The highest BCUT2D eigenvalue weighted by Gasteiger charge is 2.24. The minimum Gasteiger partial charge on any atom is -0.460 e. The lowest BCUT2D eigenvalue weighted by molar-refractivity contribution is -0.123. The fourth-order valence-corrected chi connectivity index (χ4v) is 6.06. The lowest BCUT2D eigenvalue weighted by Gasteiger charge is -2.35. The molecule has 1 fully saturated rings. The summed E-state index contributed by atoms with van der Waals surface area (Å²) < 4.78 is 5.94. The number of nitrogens with two attached hydrogens (primary N) is 1. The summed E-state index contributed by atoms with van der Waals surface area (Å²) in [4.78, 5) is 26.2. The maximum Gasteiger partial charge on any atom is 0.220 e. The maximum atomic E-state index is 11.9. The molecule has 2 amide bonds. The molecule has 2 heterocycles. The van der Waals surface area contributed by atoms with Gasteiger partial charge in [0.05, 0.1) is 12.6 Å². The Morgan fingerprint density at radius 2 is 1.51 bits per heavy atom. The zero-order chi connectivity index (χ0) is 33.6. The molecule has 0 spiro atoms. The fourth-order valence-electron chi connectivity index (χ4n) is 6.06. The molecule has 1 aliphatic carbocycles. The number of para-hydroxylation sites is 1. The standard InChI is InChI=1S/C25H31N3O3.C9H10.C5H11NO/c26-25(30)21(14-19-6-2-1-3-7-19)15-22(29)17-27-10-12-28(13-11-27)18-23-16-20-8-4-5-9-24(20)31-23;1-2-5-9-7-3-6-8(9)4-1;1-5(2,3)6-4-7/h1-9,16,21-22,29H,10-15,17-18H2,(H2,26,30);1-2,4-5H,3,6-7H2;4H,1-3H3,(H,6,7)/t21-,22?;;/m1../s1. The fraction of sp³-hybridized carbons (Fsp3) is 0.436. The van der Waals surface area contributed by atoms with Crippen molar-refractivity contribution in [2.24, 2.45) is 11.7 Å². The zero-order valence-corrected chi connectivity index (χ0v) is 28.2. The smallest absolute Gasteiger partial charge is 0.220 e. The number of hydrogen-bond acceptors (Lipinski definition) is 6. The molecule has 1 unspecified atom stereocenters. The highest BCUT2D eigenvalue weighted by molar-refractivity contribution is 5.77. The summed E-state index contributed by atoms with van der Waals surface area (Å²) in [5.74, 6) is 0.283. The number of fused-ring (bicyclic) bond motifs is 2. The van der Waals surface area contributed by atoms with Crippen molar-refractivity contribution in [3.63, 3.8) is 0 Å². The molecule has 47 heavy (non-hydrogen) atoms. The van der Waals surface area contributed by atoms with Crippen molar-refractivity contribution in [3.8, 4) is 0 Å². The molecule has 8 nitrogen and oxygen atoms in total. The lowest BCUT2D eigenvalue weighted by Crippen LogP contribution is -2.48. The molecule has 3 aromatic carbocycles. The monoisotopic (exact) mass is 640 g/mol. The third-order valence-corrected chi connectivity index (χ3v) is 8.58. The first-order valence-electron chi connectivity index (χ1n) is 16.8. The van der Waals surface area contributed by atoms with Crippen LogP contribution in [0.15, 0.2) is 89.3 Å². The van der Waals surface area contributed by atoms with Crippen LogP contribution in [0.3, 0.4) is 0 Å². The number of β-amino-alcohol motifs (C(OH)–C–C–N with tert-alkyl or cyclic N) is 1. The number of piperazine rings is 1. The van der Waals surface area contributed by atoms with Crippen LogP contribution in [0.5, 0.6) is 0 Å². The first-order chi connectivity index (χ1) is 22.6. The van der Waals surface area contributed by atoms with E-state index in [-0.39, 0.29) is 17.4 Å². The van der Waals surface area contributed by atoms with Gasteiger partial charge in [-0.3, -0.25) is 19.4 Å². The number of carbonyl (C=O) groups excluding carboxylic acids is 2. The van der Waals surface area contributed by atoms with E-state index in [1.807, 2.05) is 69.3 Å². The maximum absolute atomic E-state index is 11.9. The number of aryl methyl sites for hydroxylation is 2. The molecule has 0 saturated carbocycles. The Morgan fingerprint density at radius 1 is 0.915 bits per heavy atom. The van der Waals surface area contributed by atoms with Crippen LogP contribution in [0.25, 0.3) is 11.0 Å². The van der Waals surface area contributed by atoms with Crippen LogP contribution < -0.4 is 11.1 Å². The van der Waals surface area contributed by atoms with E-state index in [0.29, 0.717) is 25.8 Å². The highest BCUT2D eigenvalue weighted by Crippen LogP contribution is 2.22. The summed E-state index contributed by atoms with van der Waals surface area (Å²) in [6, 6.07) is 28.8. The van der Waals surface area contributed by atoms with E-state index < -0.39 is 6.10 Å². The Labute approximate surface area is 279 Å². The lowest BCUT2D eigenvalue weighted by atomic mass is 9.93. The molecule has 8 heteroatoms. The quantitative estimate of drug-likeness (QED) is 0.202. The van der Waals surface area contributed by atoms with Gasteiger partial charge >= 0.3 is 0 Å². The van der Waals surface area contributed by atoms with Gasteiger partial charge in [-0.25, -0.2) is 0 Å². The summed E-state index contributed by atoms with van der Waals surface area (Å²) >= 11 is 0. The van der Waals surface area contributed by atoms with Crippen molar-refractivity contribution in [2.45, 2.75) is 71.1 Å². The second-order valence-electron chi connectivity index (χ2n) is 13.6. The second kappa shape index (κ2) is 17.8. The molecular formula is C39H52N4O4. The molecule has 1 aromatic heterocycles. The number of benzene rings is 3. The van der Waals surface area contributed by atoms with Crippen LogP contribution in [-0.2, 0) is 35.4 Å². The molecule has 2 aliphatic rings. The topological polar surface area (TPSA) is 112 Å². The number of nitrogens with zero attached hydrogens (tertiary/aromatic N) is 2. The van der Waals surface area contributed by atoms with Crippen LogP contribution >= 0.6 is 0 Å². The van der Waals surface area contributed by atoms with Crippen molar-refractivity contribution in [3.05, 3.63) is 107 Å². The molecule has 4 N–H and O–H groups in total. The minimum absolute atomic E-state index is 0.0677. The first-order valence-corrected chi connectivity index (χ1v) is 16.8. The molecule has 2 atom stereocenters.